The van der Waals surface area contributed by atoms with Gasteiger partial charge in [0.2, 0.25) is 11.0 Å². The molecule has 1 saturated heterocycles. The fraction of sp³-hybridized carbons (Fsp3) is 0.333. The quantitative estimate of drug-likeness (QED) is 0.618. The number of piperidine rings is 1. The van der Waals surface area contributed by atoms with Gasteiger partial charge in [0.1, 0.15) is 12.1 Å². The Morgan fingerprint density at radius 2 is 1.97 bits per heavy atom. The maximum Gasteiger partial charge on any atom is 0.415 e. The van der Waals surface area contributed by atoms with E-state index in [9.17, 15) is 4.79 Å². The summed E-state index contributed by atoms with van der Waals surface area (Å²) in [5.41, 5.74) is 1.11. The molecule has 0 radical (unpaired) electrons. The van der Waals surface area contributed by atoms with Crippen molar-refractivity contribution in [3.05, 3.63) is 60.6 Å². The molecule has 1 aromatic carbocycles. The van der Waals surface area contributed by atoms with Crippen LogP contribution in [-0.4, -0.2) is 56.1 Å². The van der Waals surface area contributed by atoms with Crippen LogP contribution in [0, 0.1) is 0 Å². The molecule has 0 unspecified atom stereocenters. The minimum atomic E-state index is -0.303. The van der Waals surface area contributed by atoms with Gasteiger partial charge in [0.05, 0.1) is 6.61 Å². The fourth-order valence-corrected chi connectivity index (χ4v) is 4.12. The minimum absolute atomic E-state index is 0.303. The SMILES string of the molecule is O=C(Oc1ccc(CCOc2ccccn2)cc1)N1CCC(Sc2nc[nH]n2)CC1. The Hall–Kier alpha value is -3.07. The van der Waals surface area contributed by atoms with Gasteiger partial charge in [-0.15, -0.1) is 5.10 Å². The first kappa shape index (κ1) is 20.2. The predicted molar refractivity (Wildman–Crippen MR) is 113 cm³/mol. The molecule has 156 valence electrons. The first-order chi connectivity index (χ1) is 14.8. The number of thioether (sulfide) groups is 1. The molecular weight excluding hydrogens is 402 g/mol. The first-order valence-corrected chi connectivity index (χ1v) is 10.8. The predicted octanol–water partition coefficient (Wildman–Crippen LogP) is 3.58. The Morgan fingerprint density at radius 3 is 2.67 bits per heavy atom. The molecule has 2 aromatic heterocycles. The maximum absolute atomic E-state index is 12.4. The van der Waals surface area contributed by atoms with Crippen molar-refractivity contribution in [1.82, 2.24) is 25.1 Å². The third-order valence-corrected chi connectivity index (χ3v) is 5.98. The molecular formula is C21H23N5O3S. The smallest absolute Gasteiger partial charge is 0.415 e. The molecule has 30 heavy (non-hydrogen) atoms. The third-order valence-electron chi connectivity index (χ3n) is 4.77. The van der Waals surface area contributed by atoms with Crippen LogP contribution in [0.4, 0.5) is 4.79 Å². The summed E-state index contributed by atoms with van der Waals surface area (Å²) in [5, 5.41) is 7.96. The standard InChI is InChI=1S/C21H23N5O3S/c27-21(26-12-8-18(9-13-26)30-20-23-15-24-25-20)29-17-6-4-16(5-7-17)10-14-28-19-3-1-2-11-22-19/h1-7,11,15,18H,8-10,12-14H2,(H,23,24,25). The van der Waals surface area contributed by atoms with Crippen LogP contribution in [-0.2, 0) is 6.42 Å². The summed E-state index contributed by atoms with van der Waals surface area (Å²) in [6.07, 6.45) is 5.51. The lowest BCUT2D eigenvalue weighted by Crippen LogP contribution is -2.40. The molecule has 1 aliphatic heterocycles. The highest BCUT2D eigenvalue weighted by atomic mass is 32.2. The van der Waals surface area contributed by atoms with Gasteiger partial charge in [0.25, 0.3) is 0 Å². The average molecular weight is 426 g/mol. The number of aromatic amines is 1. The van der Waals surface area contributed by atoms with Crippen molar-refractivity contribution in [2.24, 2.45) is 0 Å². The summed E-state index contributed by atoms with van der Waals surface area (Å²) in [4.78, 5) is 22.5. The molecule has 3 aromatic rings. The van der Waals surface area contributed by atoms with Crippen LogP contribution >= 0.6 is 11.8 Å². The average Bonchev–Trinajstić information content (AvgIpc) is 3.29. The molecule has 0 bridgehead atoms. The number of aromatic nitrogens is 4. The zero-order chi connectivity index (χ0) is 20.6. The summed E-state index contributed by atoms with van der Waals surface area (Å²) < 4.78 is 11.1. The Kier molecular flexibility index (Phi) is 6.81. The van der Waals surface area contributed by atoms with Crippen LogP contribution in [0.2, 0.25) is 0 Å². The number of H-pyrrole nitrogens is 1. The number of benzene rings is 1. The highest BCUT2D eigenvalue weighted by molar-refractivity contribution is 7.99. The largest absolute Gasteiger partial charge is 0.477 e. The lowest BCUT2D eigenvalue weighted by molar-refractivity contribution is 0.143. The van der Waals surface area contributed by atoms with Gasteiger partial charge in [-0.2, -0.15) is 0 Å². The van der Waals surface area contributed by atoms with Gasteiger partial charge in [-0.1, -0.05) is 30.0 Å². The van der Waals surface area contributed by atoms with Crippen molar-refractivity contribution < 1.29 is 14.3 Å². The Morgan fingerprint density at radius 1 is 1.13 bits per heavy atom. The van der Waals surface area contributed by atoms with Gasteiger partial charge in [-0.3, -0.25) is 5.10 Å². The van der Waals surface area contributed by atoms with E-state index in [-0.39, 0.29) is 6.09 Å². The van der Waals surface area contributed by atoms with Gasteiger partial charge in [-0.25, -0.2) is 14.8 Å². The summed E-state index contributed by atoms with van der Waals surface area (Å²) in [5.74, 6) is 1.16. The Labute approximate surface area is 179 Å². The number of carbonyl (C=O) groups excluding carboxylic acids is 1. The number of carbonyl (C=O) groups is 1. The van der Waals surface area contributed by atoms with Crippen molar-refractivity contribution in [1.29, 1.82) is 0 Å². The van der Waals surface area contributed by atoms with Crippen molar-refractivity contribution >= 4 is 17.9 Å². The van der Waals surface area contributed by atoms with Crippen molar-refractivity contribution in [3.8, 4) is 11.6 Å². The summed E-state index contributed by atoms with van der Waals surface area (Å²) >= 11 is 1.65. The molecule has 3 heterocycles. The molecule has 1 N–H and O–H groups in total. The number of pyridine rings is 1. The molecule has 4 rings (SSSR count). The molecule has 0 saturated carbocycles. The van der Waals surface area contributed by atoms with Gasteiger partial charge < -0.3 is 14.4 Å². The normalized spacial score (nSPS) is 14.5. The summed E-state index contributed by atoms with van der Waals surface area (Å²) in [7, 11) is 0. The molecule has 0 aliphatic carbocycles. The van der Waals surface area contributed by atoms with E-state index in [0.717, 1.165) is 30.0 Å². The number of likely N-dealkylation sites (tertiary alicyclic amines) is 1. The number of rotatable bonds is 7. The second-order valence-corrected chi connectivity index (χ2v) is 8.13. The van der Waals surface area contributed by atoms with Gasteiger partial charge in [-0.05, 0) is 36.6 Å². The van der Waals surface area contributed by atoms with E-state index >= 15 is 0 Å². The van der Waals surface area contributed by atoms with Crippen molar-refractivity contribution in [3.63, 3.8) is 0 Å². The van der Waals surface area contributed by atoms with E-state index in [0.29, 0.717) is 36.6 Å². The number of amides is 1. The van der Waals surface area contributed by atoms with Gasteiger partial charge in [0.15, 0.2) is 0 Å². The number of ether oxygens (including phenoxy) is 2. The van der Waals surface area contributed by atoms with Crippen molar-refractivity contribution in [2.75, 3.05) is 19.7 Å². The number of hydrogen-bond acceptors (Lipinski definition) is 7. The third kappa shape index (κ3) is 5.73. The lowest BCUT2D eigenvalue weighted by atomic mass is 10.1. The fourth-order valence-electron chi connectivity index (χ4n) is 3.15. The van der Waals surface area contributed by atoms with Crippen LogP contribution in [0.3, 0.4) is 0 Å². The molecule has 0 atom stereocenters. The van der Waals surface area contributed by atoms with Crippen molar-refractivity contribution in [2.45, 2.75) is 29.7 Å². The Bertz CT molecular complexity index is 914. The first-order valence-electron chi connectivity index (χ1n) is 9.88. The topological polar surface area (TPSA) is 93.2 Å². The second-order valence-electron chi connectivity index (χ2n) is 6.86. The zero-order valence-corrected chi connectivity index (χ0v) is 17.3. The molecule has 1 aliphatic rings. The zero-order valence-electron chi connectivity index (χ0n) is 16.4. The lowest BCUT2D eigenvalue weighted by Gasteiger charge is -2.30. The molecule has 9 heteroatoms. The molecule has 1 amide bonds. The number of hydrogen-bond donors (Lipinski definition) is 1. The summed E-state index contributed by atoms with van der Waals surface area (Å²) in [6.45, 7) is 1.88. The minimum Gasteiger partial charge on any atom is -0.477 e. The highest BCUT2D eigenvalue weighted by Crippen LogP contribution is 2.28. The highest BCUT2D eigenvalue weighted by Gasteiger charge is 2.25. The van der Waals surface area contributed by atoms with E-state index in [1.54, 1.807) is 29.2 Å². The van der Waals surface area contributed by atoms with Gasteiger partial charge >= 0.3 is 6.09 Å². The van der Waals surface area contributed by atoms with E-state index in [1.165, 1.54) is 0 Å². The van der Waals surface area contributed by atoms with Crippen LogP contribution in [0.15, 0.2) is 60.1 Å². The van der Waals surface area contributed by atoms with E-state index in [2.05, 4.69) is 20.2 Å². The molecule has 0 spiro atoms. The van der Waals surface area contributed by atoms with Crippen LogP contribution in [0.1, 0.15) is 18.4 Å². The summed E-state index contributed by atoms with van der Waals surface area (Å²) in [6, 6.07) is 13.1. The van der Waals surface area contributed by atoms with Crippen LogP contribution in [0.5, 0.6) is 11.6 Å². The molecule has 1 fully saturated rings. The van der Waals surface area contributed by atoms with Gasteiger partial charge in [0, 0.05) is 37.0 Å². The maximum atomic E-state index is 12.4. The van der Waals surface area contributed by atoms with E-state index in [4.69, 9.17) is 9.47 Å². The van der Waals surface area contributed by atoms with Crippen LogP contribution in [0.25, 0.3) is 0 Å². The van der Waals surface area contributed by atoms with E-state index < -0.39 is 0 Å². The molecule has 8 nitrogen and oxygen atoms in total. The Balaban J connectivity index is 1.19. The van der Waals surface area contributed by atoms with E-state index in [1.807, 2.05) is 42.5 Å². The number of nitrogens with one attached hydrogen (secondary N) is 1. The monoisotopic (exact) mass is 425 g/mol. The second kappa shape index (κ2) is 10.1. The van der Waals surface area contributed by atoms with Crippen LogP contribution < -0.4 is 9.47 Å². The number of nitrogens with zero attached hydrogens (tertiary/aromatic N) is 4.